The lowest BCUT2D eigenvalue weighted by Crippen LogP contribution is -2.18. The predicted octanol–water partition coefficient (Wildman–Crippen LogP) is 2.70. The summed E-state index contributed by atoms with van der Waals surface area (Å²) < 4.78 is 3.72. The lowest BCUT2D eigenvalue weighted by molar-refractivity contribution is 0.318. The molecule has 7 nitrogen and oxygen atoms in total. The first-order chi connectivity index (χ1) is 11.8. The first-order valence-electron chi connectivity index (χ1n) is 7.87. The standard InChI is InChI=1S/C18H21N5O2/c1-10-7-12(3)22(9-10)18-16(17(19)21-25)13(4)20-23(18)15-6-5-14(24)8-11(15)2/h5-9,24-25H,1-4H3,(H2,19,21). The van der Waals surface area contributed by atoms with Crippen molar-refractivity contribution in [3.63, 3.8) is 0 Å². The van der Waals surface area contributed by atoms with Gasteiger partial charge in [-0.05, 0) is 63.1 Å². The smallest absolute Gasteiger partial charge is 0.175 e. The van der Waals surface area contributed by atoms with Crippen LogP contribution in [-0.2, 0) is 0 Å². The molecule has 3 rings (SSSR count). The number of hydrogen-bond acceptors (Lipinski definition) is 4. The fourth-order valence-electron chi connectivity index (χ4n) is 3.10. The molecular formula is C18H21N5O2. The SMILES string of the molecule is Cc1cc(C)n(-c2c(/C(N)=N/O)c(C)nn2-c2ccc(O)cc2C)c1. The van der Waals surface area contributed by atoms with Gasteiger partial charge in [-0.1, -0.05) is 5.16 Å². The summed E-state index contributed by atoms with van der Waals surface area (Å²) in [6, 6.07) is 7.13. The van der Waals surface area contributed by atoms with E-state index in [0.717, 1.165) is 22.5 Å². The second-order valence-corrected chi connectivity index (χ2v) is 6.18. The minimum atomic E-state index is 0.000865. The zero-order chi connectivity index (χ0) is 18.3. The Morgan fingerprint density at radius 3 is 2.44 bits per heavy atom. The number of nitrogens with zero attached hydrogens (tertiary/aromatic N) is 4. The molecule has 0 atom stereocenters. The Morgan fingerprint density at radius 2 is 1.88 bits per heavy atom. The van der Waals surface area contributed by atoms with Crippen molar-refractivity contribution in [1.29, 1.82) is 0 Å². The molecule has 0 bridgehead atoms. The molecule has 0 spiro atoms. The van der Waals surface area contributed by atoms with E-state index in [1.807, 2.05) is 44.5 Å². The first kappa shape index (κ1) is 16.6. The van der Waals surface area contributed by atoms with Gasteiger partial charge in [0.25, 0.3) is 0 Å². The number of phenols is 1. The number of hydrogen-bond donors (Lipinski definition) is 3. The van der Waals surface area contributed by atoms with Gasteiger partial charge in [0.15, 0.2) is 11.7 Å². The molecule has 2 aromatic heterocycles. The molecule has 0 unspecified atom stereocenters. The van der Waals surface area contributed by atoms with Gasteiger partial charge >= 0.3 is 0 Å². The fourth-order valence-corrected chi connectivity index (χ4v) is 3.10. The highest BCUT2D eigenvalue weighted by atomic mass is 16.4. The van der Waals surface area contributed by atoms with Crippen LogP contribution in [-0.4, -0.2) is 30.5 Å². The molecule has 3 aromatic rings. The van der Waals surface area contributed by atoms with Gasteiger partial charge in [0, 0.05) is 11.9 Å². The van der Waals surface area contributed by atoms with Crippen LogP contribution >= 0.6 is 0 Å². The Morgan fingerprint density at radius 1 is 1.16 bits per heavy atom. The quantitative estimate of drug-likeness (QED) is 0.295. The summed E-state index contributed by atoms with van der Waals surface area (Å²) in [5.41, 5.74) is 10.9. The highest BCUT2D eigenvalue weighted by Crippen LogP contribution is 2.28. The summed E-state index contributed by atoms with van der Waals surface area (Å²) in [5, 5.41) is 26.7. The topological polar surface area (TPSA) is 102 Å². The summed E-state index contributed by atoms with van der Waals surface area (Å²) in [5.74, 6) is 0.879. The summed E-state index contributed by atoms with van der Waals surface area (Å²) in [4.78, 5) is 0. The molecule has 0 saturated heterocycles. The van der Waals surface area contributed by atoms with Crippen molar-refractivity contribution in [3.8, 4) is 17.3 Å². The van der Waals surface area contributed by atoms with E-state index in [0.29, 0.717) is 17.1 Å². The third-order valence-corrected chi connectivity index (χ3v) is 4.19. The molecule has 0 fully saturated rings. The van der Waals surface area contributed by atoms with Crippen LogP contribution in [0.1, 0.15) is 28.1 Å². The zero-order valence-electron chi connectivity index (χ0n) is 14.6. The van der Waals surface area contributed by atoms with Gasteiger partial charge in [-0.2, -0.15) is 5.10 Å². The molecule has 0 radical (unpaired) electrons. The number of nitrogens with two attached hydrogens (primary N) is 1. The zero-order valence-corrected chi connectivity index (χ0v) is 14.6. The molecule has 7 heteroatoms. The lowest BCUT2D eigenvalue weighted by Gasteiger charge is -2.14. The maximum Gasteiger partial charge on any atom is 0.175 e. The maximum atomic E-state index is 9.70. The Hall–Kier alpha value is -3.22. The number of phenolic OH excluding ortho intramolecular Hbond substituents is 1. The predicted molar refractivity (Wildman–Crippen MR) is 96.0 cm³/mol. The molecule has 0 aliphatic rings. The molecule has 1 aromatic carbocycles. The Kier molecular flexibility index (Phi) is 4.00. The molecular weight excluding hydrogens is 318 g/mol. The van der Waals surface area contributed by atoms with Crippen LogP contribution in [0.5, 0.6) is 5.75 Å². The van der Waals surface area contributed by atoms with E-state index in [-0.39, 0.29) is 11.6 Å². The summed E-state index contributed by atoms with van der Waals surface area (Å²) in [7, 11) is 0. The molecule has 130 valence electrons. The van der Waals surface area contributed by atoms with Gasteiger partial charge < -0.3 is 20.6 Å². The number of amidine groups is 1. The van der Waals surface area contributed by atoms with Crippen molar-refractivity contribution in [3.05, 3.63) is 58.5 Å². The molecule has 0 amide bonds. The van der Waals surface area contributed by atoms with Crippen molar-refractivity contribution in [2.24, 2.45) is 10.9 Å². The molecule has 2 heterocycles. The van der Waals surface area contributed by atoms with Crippen LogP contribution < -0.4 is 5.73 Å². The molecule has 0 aliphatic heterocycles. The third kappa shape index (κ3) is 2.73. The minimum absolute atomic E-state index is 0.000865. The molecule has 4 N–H and O–H groups in total. The molecule has 0 saturated carbocycles. The number of oxime groups is 1. The Labute approximate surface area is 145 Å². The van der Waals surface area contributed by atoms with Gasteiger partial charge in [-0.15, -0.1) is 0 Å². The number of aryl methyl sites for hydroxylation is 4. The highest BCUT2D eigenvalue weighted by molar-refractivity contribution is 6.01. The second-order valence-electron chi connectivity index (χ2n) is 6.18. The van der Waals surface area contributed by atoms with Crippen molar-refractivity contribution in [1.82, 2.24) is 14.3 Å². The number of rotatable bonds is 3. The number of benzene rings is 1. The van der Waals surface area contributed by atoms with E-state index in [9.17, 15) is 10.3 Å². The number of aromatic nitrogens is 3. The Balaban J connectivity index is 2.39. The summed E-state index contributed by atoms with van der Waals surface area (Å²) >= 11 is 0. The first-order valence-corrected chi connectivity index (χ1v) is 7.87. The average Bonchev–Trinajstić information content (AvgIpc) is 3.05. The van der Waals surface area contributed by atoms with E-state index in [1.165, 1.54) is 0 Å². The van der Waals surface area contributed by atoms with E-state index in [4.69, 9.17) is 5.73 Å². The molecule has 0 aliphatic carbocycles. The monoisotopic (exact) mass is 339 g/mol. The van der Waals surface area contributed by atoms with Gasteiger partial charge in [-0.25, -0.2) is 4.68 Å². The van der Waals surface area contributed by atoms with Crippen LogP contribution in [0.15, 0.2) is 35.6 Å². The van der Waals surface area contributed by atoms with Gasteiger partial charge in [0.05, 0.1) is 16.9 Å². The third-order valence-electron chi connectivity index (χ3n) is 4.19. The van der Waals surface area contributed by atoms with Gasteiger partial charge in [0.2, 0.25) is 0 Å². The summed E-state index contributed by atoms with van der Waals surface area (Å²) in [6.45, 7) is 7.70. The Bertz CT molecular complexity index is 982. The van der Waals surface area contributed by atoms with Crippen molar-refractivity contribution in [2.45, 2.75) is 27.7 Å². The largest absolute Gasteiger partial charge is 0.508 e. The maximum absolute atomic E-state index is 9.70. The van der Waals surface area contributed by atoms with E-state index in [1.54, 1.807) is 22.9 Å². The second kappa shape index (κ2) is 6.01. The van der Waals surface area contributed by atoms with Gasteiger partial charge in [-0.3, -0.25) is 0 Å². The normalized spacial score (nSPS) is 11.9. The van der Waals surface area contributed by atoms with Crippen LogP contribution in [0.4, 0.5) is 0 Å². The molecule has 25 heavy (non-hydrogen) atoms. The highest BCUT2D eigenvalue weighted by Gasteiger charge is 2.23. The average molecular weight is 339 g/mol. The van der Waals surface area contributed by atoms with Crippen molar-refractivity contribution >= 4 is 5.84 Å². The van der Waals surface area contributed by atoms with Crippen LogP contribution in [0, 0.1) is 27.7 Å². The van der Waals surface area contributed by atoms with Crippen LogP contribution in [0.2, 0.25) is 0 Å². The summed E-state index contributed by atoms with van der Waals surface area (Å²) in [6.07, 6.45) is 1.98. The number of aromatic hydroxyl groups is 1. The fraction of sp³-hybridized carbons (Fsp3) is 0.222. The van der Waals surface area contributed by atoms with E-state index in [2.05, 4.69) is 10.3 Å². The van der Waals surface area contributed by atoms with Crippen molar-refractivity contribution in [2.75, 3.05) is 0 Å². The minimum Gasteiger partial charge on any atom is -0.508 e. The van der Waals surface area contributed by atoms with Crippen molar-refractivity contribution < 1.29 is 10.3 Å². The lowest BCUT2D eigenvalue weighted by atomic mass is 10.2. The van der Waals surface area contributed by atoms with E-state index >= 15 is 0 Å². The van der Waals surface area contributed by atoms with Crippen LogP contribution in [0.25, 0.3) is 11.5 Å². The van der Waals surface area contributed by atoms with Gasteiger partial charge in [0.1, 0.15) is 5.75 Å². The van der Waals surface area contributed by atoms with Crippen LogP contribution in [0.3, 0.4) is 0 Å². The van der Waals surface area contributed by atoms with E-state index < -0.39 is 0 Å².